The number of likely N-dealkylation sites (tertiary alicyclic amines) is 1. The second kappa shape index (κ2) is 8.91. The van der Waals surface area contributed by atoms with Gasteiger partial charge < -0.3 is 14.6 Å². The third-order valence-electron chi connectivity index (χ3n) is 4.56. The molecule has 1 aliphatic rings. The van der Waals surface area contributed by atoms with E-state index in [0.717, 1.165) is 23.2 Å². The average molecular weight is 408 g/mol. The standard InChI is InChI=1S/C21H20N4O3S/c26-18(22-17-10-5-4-9-16(17)15-7-2-1-3-8-15)14-29-21-24-23-19(28-21)13-25-12-6-11-20(25)27/h1-5,7-10H,6,11-14H2,(H,22,26). The van der Waals surface area contributed by atoms with Crippen molar-refractivity contribution in [3.63, 3.8) is 0 Å². The van der Waals surface area contributed by atoms with E-state index in [2.05, 4.69) is 15.5 Å². The van der Waals surface area contributed by atoms with Gasteiger partial charge in [-0.2, -0.15) is 0 Å². The lowest BCUT2D eigenvalue weighted by Gasteiger charge is -2.11. The number of carbonyl (C=O) groups is 2. The Morgan fingerprint density at radius 1 is 1.10 bits per heavy atom. The van der Waals surface area contributed by atoms with E-state index in [1.807, 2.05) is 54.6 Å². The SMILES string of the molecule is O=C(CSc1nnc(CN2CCCC2=O)o1)Nc1ccccc1-c1ccccc1. The third kappa shape index (κ3) is 4.83. The molecule has 2 amide bonds. The van der Waals surface area contributed by atoms with Crippen molar-refractivity contribution in [2.75, 3.05) is 17.6 Å². The Bertz CT molecular complexity index is 1010. The van der Waals surface area contributed by atoms with E-state index >= 15 is 0 Å². The Hall–Kier alpha value is -3.13. The normalized spacial score (nSPS) is 13.7. The number of aromatic nitrogens is 2. The van der Waals surface area contributed by atoms with Crippen LogP contribution < -0.4 is 5.32 Å². The van der Waals surface area contributed by atoms with Gasteiger partial charge in [-0.1, -0.05) is 60.3 Å². The summed E-state index contributed by atoms with van der Waals surface area (Å²) in [7, 11) is 0. The molecule has 3 aromatic rings. The number of para-hydroxylation sites is 1. The van der Waals surface area contributed by atoms with Crippen molar-refractivity contribution in [1.82, 2.24) is 15.1 Å². The first-order valence-electron chi connectivity index (χ1n) is 9.36. The Morgan fingerprint density at radius 3 is 2.69 bits per heavy atom. The largest absolute Gasteiger partial charge is 0.414 e. The summed E-state index contributed by atoms with van der Waals surface area (Å²) in [6.45, 7) is 1.04. The number of amides is 2. The van der Waals surface area contributed by atoms with E-state index in [4.69, 9.17) is 4.42 Å². The van der Waals surface area contributed by atoms with Gasteiger partial charge in [-0.05, 0) is 18.1 Å². The van der Waals surface area contributed by atoms with Crippen LogP contribution in [-0.4, -0.2) is 39.2 Å². The maximum absolute atomic E-state index is 12.4. The number of hydrogen-bond donors (Lipinski definition) is 1. The lowest BCUT2D eigenvalue weighted by Crippen LogP contribution is -2.23. The Morgan fingerprint density at radius 2 is 1.90 bits per heavy atom. The van der Waals surface area contributed by atoms with Crippen molar-refractivity contribution in [1.29, 1.82) is 0 Å². The predicted octanol–water partition coefficient (Wildman–Crippen LogP) is 3.59. The van der Waals surface area contributed by atoms with Crippen molar-refractivity contribution >= 4 is 29.3 Å². The molecule has 1 aromatic heterocycles. The minimum Gasteiger partial charge on any atom is -0.414 e. The van der Waals surface area contributed by atoms with Crippen molar-refractivity contribution in [2.24, 2.45) is 0 Å². The molecule has 0 aliphatic carbocycles. The monoisotopic (exact) mass is 408 g/mol. The van der Waals surface area contributed by atoms with Crippen LogP contribution in [0.2, 0.25) is 0 Å². The molecule has 2 aromatic carbocycles. The van der Waals surface area contributed by atoms with Crippen LogP contribution in [-0.2, 0) is 16.1 Å². The molecule has 29 heavy (non-hydrogen) atoms. The average Bonchev–Trinajstić information content (AvgIpc) is 3.37. The van der Waals surface area contributed by atoms with Crippen LogP contribution in [0, 0.1) is 0 Å². The van der Waals surface area contributed by atoms with Gasteiger partial charge in [-0.25, -0.2) is 0 Å². The number of nitrogens with zero attached hydrogens (tertiary/aromatic N) is 3. The van der Waals surface area contributed by atoms with Gasteiger partial charge in [-0.3, -0.25) is 9.59 Å². The van der Waals surface area contributed by atoms with Gasteiger partial charge >= 0.3 is 0 Å². The smallest absolute Gasteiger partial charge is 0.277 e. The fraction of sp³-hybridized carbons (Fsp3) is 0.238. The molecule has 148 valence electrons. The van der Waals surface area contributed by atoms with Gasteiger partial charge in [-0.15, -0.1) is 10.2 Å². The highest BCUT2D eigenvalue weighted by Gasteiger charge is 2.22. The van der Waals surface area contributed by atoms with E-state index in [-0.39, 0.29) is 17.6 Å². The number of benzene rings is 2. The summed E-state index contributed by atoms with van der Waals surface area (Å²) in [6.07, 6.45) is 1.43. The lowest BCUT2D eigenvalue weighted by atomic mass is 10.0. The van der Waals surface area contributed by atoms with Crippen LogP contribution in [0.4, 0.5) is 5.69 Å². The summed E-state index contributed by atoms with van der Waals surface area (Å²) in [6, 6.07) is 17.6. The van der Waals surface area contributed by atoms with Gasteiger partial charge in [0.2, 0.25) is 17.7 Å². The van der Waals surface area contributed by atoms with Crippen LogP contribution in [0.3, 0.4) is 0 Å². The van der Waals surface area contributed by atoms with Crippen LogP contribution in [0.5, 0.6) is 0 Å². The molecule has 2 heterocycles. The summed E-state index contributed by atoms with van der Waals surface area (Å²) < 4.78 is 5.55. The molecule has 0 atom stereocenters. The summed E-state index contributed by atoms with van der Waals surface area (Å²) in [5.74, 6) is 0.479. The highest BCUT2D eigenvalue weighted by molar-refractivity contribution is 7.99. The number of nitrogens with one attached hydrogen (secondary N) is 1. The second-order valence-electron chi connectivity index (χ2n) is 6.63. The molecular weight excluding hydrogens is 388 g/mol. The first-order chi connectivity index (χ1) is 14.2. The molecule has 1 aliphatic heterocycles. The summed E-state index contributed by atoms with van der Waals surface area (Å²) in [5.41, 5.74) is 2.75. The number of thioether (sulfide) groups is 1. The zero-order chi connectivity index (χ0) is 20.1. The molecule has 0 radical (unpaired) electrons. The Balaban J connectivity index is 1.34. The molecule has 0 unspecified atom stereocenters. The zero-order valence-electron chi connectivity index (χ0n) is 15.7. The first kappa shape index (κ1) is 19.2. The minimum absolute atomic E-state index is 0.105. The van der Waals surface area contributed by atoms with Crippen LogP contribution in [0.15, 0.2) is 64.2 Å². The number of rotatable bonds is 7. The van der Waals surface area contributed by atoms with Crippen LogP contribution in [0.1, 0.15) is 18.7 Å². The highest BCUT2D eigenvalue weighted by atomic mass is 32.2. The van der Waals surface area contributed by atoms with E-state index < -0.39 is 0 Å². The zero-order valence-corrected chi connectivity index (χ0v) is 16.5. The summed E-state index contributed by atoms with van der Waals surface area (Å²) >= 11 is 1.17. The van der Waals surface area contributed by atoms with E-state index in [1.165, 1.54) is 11.8 Å². The number of hydrogen-bond acceptors (Lipinski definition) is 6. The van der Waals surface area contributed by atoms with Crippen LogP contribution >= 0.6 is 11.8 Å². The first-order valence-corrected chi connectivity index (χ1v) is 10.3. The Kier molecular flexibility index (Phi) is 5.90. The lowest BCUT2D eigenvalue weighted by molar-refractivity contribution is -0.128. The molecule has 1 fully saturated rings. The van der Waals surface area contributed by atoms with E-state index in [0.29, 0.717) is 30.6 Å². The summed E-state index contributed by atoms with van der Waals surface area (Å²) in [4.78, 5) is 25.8. The molecule has 4 rings (SSSR count). The van der Waals surface area contributed by atoms with Crippen molar-refractivity contribution < 1.29 is 14.0 Å². The van der Waals surface area contributed by atoms with Crippen molar-refractivity contribution in [3.05, 3.63) is 60.5 Å². The number of carbonyl (C=O) groups excluding carboxylic acids is 2. The van der Waals surface area contributed by atoms with Gasteiger partial charge in [0, 0.05) is 24.2 Å². The van der Waals surface area contributed by atoms with E-state index in [1.54, 1.807) is 4.90 Å². The summed E-state index contributed by atoms with van der Waals surface area (Å²) in [5, 5.41) is 11.2. The maximum atomic E-state index is 12.4. The van der Waals surface area contributed by atoms with Gasteiger partial charge in [0.1, 0.15) is 0 Å². The van der Waals surface area contributed by atoms with Crippen LogP contribution in [0.25, 0.3) is 11.1 Å². The number of anilines is 1. The molecule has 0 saturated carbocycles. The Labute approximate surface area is 172 Å². The van der Waals surface area contributed by atoms with E-state index in [9.17, 15) is 9.59 Å². The minimum atomic E-state index is -0.159. The molecule has 1 saturated heterocycles. The molecule has 1 N–H and O–H groups in total. The molecular formula is C21H20N4O3S. The molecule has 0 bridgehead atoms. The molecule has 7 nitrogen and oxygen atoms in total. The van der Waals surface area contributed by atoms with Crippen molar-refractivity contribution in [2.45, 2.75) is 24.6 Å². The third-order valence-corrected chi connectivity index (χ3v) is 5.38. The topological polar surface area (TPSA) is 88.3 Å². The highest BCUT2D eigenvalue weighted by Crippen LogP contribution is 2.28. The van der Waals surface area contributed by atoms with Gasteiger partial charge in [0.05, 0.1) is 12.3 Å². The van der Waals surface area contributed by atoms with Gasteiger partial charge in [0.25, 0.3) is 5.22 Å². The fourth-order valence-corrected chi connectivity index (χ4v) is 3.75. The van der Waals surface area contributed by atoms with Crippen molar-refractivity contribution in [3.8, 4) is 11.1 Å². The maximum Gasteiger partial charge on any atom is 0.277 e. The quantitative estimate of drug-likeness (QED) is 0.601. The fourth-order valence-electron chi connectivity index (χ4n) is 3.17. The van der Waals surface area contributed by atoms with Gasteiger partial charge in [0.15, 0.2) is 0 Å². The second-order valence-corrected chi connectivity index (χ2v) is 7.56. The molecule has 8 heteroatoms. The predicted molar refractivity (Wildman–Crippen MR) is 110 cm³/mol. The molecule has 0 spiro atoms.